The summed E-state index contributed by atoms with van der Waals surface area (Å²) in [6, 6.07) is 0. The second-order valence-electron chi connectivity index (χ2n) is 3.91. The van der Waals surface area contributed by atoms with Crippen LogP contribution in [0.2, 0.25) is 0 Å². The molecule has 0 N–H and O–H groups in total. The van der Waals surface area contributed by atoms with Gasteiger partial charge in [0, 0.05) is 25.0 Å². The van der Waals surface area contributed by atoms with Gasteiger partial charge < -0.3 is 28.5 Å². The minimum Gasteiger partial charge on any atom is -1.00 e. The molecule has 1 saturated heterocycles. The molecular formula is C8H18BrIN2. The van der Waals surface area contributed by atoms with Gasteiger partial charge in [-0.2, -0.15) is 0 Å². The van der Waals surface area contributed by atoms with Gasteiger partial charge in [-0.3, -0.25) is 4.90 Å². The van der Waals surface area contributed by atoms with E-state index in [1.807, 2.05) is 0 Å². The highest BCUT2D eigenvalue weighted by atomic mass is 127. The van der Waals surface area contributed by atoms with Crippen molar-refractivity contribution in [2.45, 2.75) is 0 Å². The summed E-state index contributed by atoms with van der Waals surface area (Å²) in [5.74, 6) is 0. The number of hydrogen-bond donors (Lipinski definition) is 0. The largest absolute Gasteiger partial charge is 1.00 e. The minimum absolute atomic E-state index is 0. The van der Waals surface area contributed by atoms with Crippen molar-refractivity contribution in [1.82, 2.24) is 4.90 Å². The lowest BCUT2D eigenvalue weighted by molar-refractivity contribution is -0.894. The molecule has 1 fully saturated rings. The standard InChI is InChI=1S/C8H18BrN2.HI/c1-11(2)7-5-10(4-3-9)6-8-11;/h3-8H2,1-2H3;1H/q+1;/p-1. The Morgan fingerprint density at radius 3 is 2.17 bits per heavy atom. The van der Waals surface area contributed by atoms with Crippen LogP contribution in [0, 0.1) is 0 Å². The third kappa shape index (κ3) is 4.39. The van der Waals surface area contributed by atoms with Gasteiger partial charge in [-0.05, 0) is 0 Å². The fraction of sp³-hybridized carbons (Fsp3) is 1.00. The van der Waals surface area contributed by atoms with E-state index in [1.54, 1.807) is 0 Å². The molecule has 1 aliphatic heterocycles. The molecule has 0 aromatic heterocycles. The van der Waals surface area contributed by atoms with Gasteiger partial charge in [0.05, 0.1) is 27.2 Å². The van der Waals surface area contributed by atoms with E-state index in [-0.39, 0.29) is 24.0 Å². The molecule has 12 heavy (non-hydrogen) atoms. The number of likely N-dealkylation sites (N-methyl/N-ethyl adjacent to an activating group) is 1. The van der Waals surface area contributed by atoms with E-state index in [0.717, 1.165) is 5.33 Å². The normalized spacial score (nSPS) is 23.2. The van der Waals surface area contributed by atoms with Crippen LogP contribution in [0.1, 0.15) is 0 Å². The van der Waals surface area contributed by atoms with Crippen molar-refractivity contribution in [2.75, 3.05) is 52.1 Å². The van der Waals surface area contributed by atoms with Crippen molar-refractivity contribution >= 4 is 15.9 Å². The lowest BCUT2D eigenvalue weighted by atomic mass is 10.3. The van der Waals surface area contributed by atoms with Crippen LogP contribution in [0.4, 0.5) is 0 Å². The fourth-order valence-corrected chi connectivity index (χ4v) is 1.89. The van der Waals surface area contributed by atoms with Gasteiger partial charge in [0.1, 0.15) is 0 Å². The molecule has 0 amide bonds. The number of piperazine rings is 1. The van der Waals surface area contributed by atoms with Gasteiger partial charge in [-0.25, -0.2) is 0 Å². The summed E-state index contributed by atoms with van der Waals surface area (Å²) >= 11 is 3.47. The van der Waals surface area contributed by atoms with Crippen molar-refractivity contribution in [3.63, 3.8) is 0 Å². The second kappa shape index (κ2) is 5.78. The smallest absolute Gasteiger partial charge is 0.0912 e. The van der Waals surface area contributed by atoms with Crippen molar-refractivity contribution in [3.8, 4) is 0 Å². The molecule has 0 aliphatic carbocycles. The number of halogens is 2. The summed E-state index contributed by atoms with van der Waals surface area (Å²) in [4.78, 5) is 2.53. The highest BCUT2D eigenvalue weighted by Gasteiger charge is 2.23. The van der Waals surface area contributed by atoms with Crippen molar-refractivity contribution in [3.05, 3.63) is 0 Å². The van der Waals surface area contributed by atoms with Gasteiger partial charge in [-0.1, -0.05) is 15.9 Å². The maximum atomic E-state index is 3.47. The average Bonchev–Trinajstić information content (AvgIpc) is 1.94. The maximum absolute atomic E-state index is 3.47. The van der Waals surface area contributed by atoms with Crippen molar-refractivity contribution < 1.29 is 28.5 Å². The van der Waals surface area contributed by atoms with Gasteiger partial charge in [0.2, 0.25) is 0 Å². The SMILES string of the molecule is C[N+]1(C)CCN(CCBr)CC1.[I-]. The van der Waals surface area contributed by atoms with Crippen LogP contribution in [0.3, 0.4) is 0 Å². The third-order valence-electron chi connectivity index (χ3n) is 2.44. The van der Waals surface area contributed by atoms with Crippen LogP contribution in [-0.2, 0) is 0 Å². The van der Waals surface area contributed by atoms with Crippen molar-refractivity contribution in [2.24, 2.45) is 0 Å². The topological polar surface area (TPSA) is 3.24 Å². The molecule has 0 atom stereocenters. The van der Waals surface area contributed by atoms with Gasteiger partial charge >= 0.3 is 0 Å². The predicted molar refractivity (Wildman–Crippen MR) is 52.1 cm³/mol. The molecule has 74 valence electrons. The maximum Gasteiger partial charge on any atom is 0.0912 e. The molecule has 0 saturated carbocycles. The number of nitrogens with zero attached hydrogens (tertiary/aromatic N) is 2. The first kappa shape index (κ1) is 13.1. The molecule has 2 nitrogen and oxygen atoms in total. The Morgan fingerprint density at radius 2 is 1.75 bits per heavy atom. The lowest BCUT2D eigenvalue weighted by Crippen LogP contribution is -3.00. The Morgan fingerprint density at radius 1 is 1.25 bits per heavy atom. The second-order valence-corrected chi connectivity index (χ2v) is 4.71. The van der Waals surface area contributed by atoms with E-state index in [4.69, 9.17) is 0 Å². The first-order valence-corrected chi connectivity index (χ1v) is 5.36. The average molecular weight is 349 g/mol. The molecule has 0 aromatic rings. The summed E-state index contributed by atoms with van der Waals surface area (Å²) in [5.41, 5.74) is 0. The Bertz CT molecular complexity index is 120. The van der Waals surface area contributed by atoms with Crippen LogP contribution >= 0.6 is 15.9 Å². The highest BCUT2D eigenvalue weighted by molar-refractivity contribution is 9.09. The first-order chi connectivity index (χ1) is 5.14. The minimum atomic E-state index is 0. The lowest BCUT2D eigenvalue weighted by Gasteiger charge is -2.38. The monoisotopic (exact) mass is 348 g/mol. The molecule has 0 aromatic carbocycles. The number of alkyl halides is 1. The summed E-state index contributed by atoms with van der Waals surface area (Å²) in [7, 11) is 4.62. The Labute approximate surface area is 101 Å². The molecule has 1 rings (SSSR count). The van der Waals surface area contributed by atoms with Crippen LogP contribution < -0.4 is 24.0 Å². The van der Waals surface area contributed by atoms with E-state index in [1.165, 1.54) is 37.2 Å². The quantitative estimate of drug-likeness (QED) is 0.310. The number of quaternary nitrogens is 1. The first-order valence-electron chi connectivity index (χ1n) is 4.24. The van der Waals surface area contributed by atoms with Gasteiger partial charge in [0.15, 0.2) is 0 Å². The van der Waals surface area contributed by atoms with E-state index in [0.29, 0.717) is 0 Å². The molecular weight excluding hydrogens is 331 g/mol. The van der Waals surface area contributed by atoms with E-state index in [9.17, 15) is 0 Å². The van der Waals surface area contributed by atoms with E-state index in [2.05, 4.69) is 34.9 Å². The molecule has 0 unspecified atom stereocenters. The zero-order valence-electron chi connectivity index (χ0n) is 7.89. The van der Waals surface area contributed by atoms with Gasteiger partial charge in [-0.15, -0.1) is 0 Å². The zero-order valence-corrected chi connectivity index (χ0v) is 11.6. The number of rotatable bonds is 2. The van der Waals surface area contributed by atoms with Crippen molar-refractivity contribution in [1.29, 1.82) is 0 Å². The molecule has 0 radical (unpaired) electrons. The predicted octanol–water partition coefficient (Wildman–Crippen LogP) is -2.22. The molecule has 1 aliphatic rings. The number of hydrogen-bond acceptors (Lipinski definition) is 1. The summed E-state index contributed by atoms with van der Waals surface area (Å²) in [5, 5.41) is 1.11. The van der Waals surface area contributed by atoms with Gasteiger partial charge in [0.25, 0.3) is 0 Å². The van der Waals surface area contributed by atoms with Crippen LogP contribution in [0.25, 0.3) is 0 Å². The van der Waals surface area contributed by atoms with Crippen LogP contribution in [0.5, 0.6) is 0 Å². The molecule has 0 spiro atoms. The molecule has 1 heterocycles. The Balaban J connectivity index is 0.00000121. The van der Waals surface area contributed by atoms with E-state index < -0.39 is 0 Å². The summed E-state index contributed by atoms with van der Waals surface area (Å²) in [6.45, 7) is 6.33. The third-order valence-corrected chi connectivity index (χ3v) is 2.80. The summed E-state index contributed by atoms with van der Waals surface area (Å²) in [6.07, 6.45) is 0. The Kier molecular flexibility index (Phi) is 6.32. The Hall–Kier alpha value is 1.13. The van der Waals surface area contributed by atoms with E-state index >= 15 is 0 Å². The molecule has 0 bridgehead atoms. The summed E-state index contributed by atoms with van der Waals surface area (Å²) < 4.78 is 1.19. The van der Waals surface area contributed by atoms with Crippen LogP contribution in [-0.4, -0.2) is 61.5 Å². The highest BCUT2D eigenvalue weighted by Crippen LogP contribution is 2.05. The fourth-order valence-electron chi connectivity index (χ4n) is 1.39. The van der Waals surface area contributed by atoms with Crippen LogP contribution in [0.15, 0.2) is 0 Å². The molecule has 4 heteroatoms. The zero-order chi connectivity index (χ0) is 8.32.